The standard InChI is InChI=1S/C19H21F3N4O3S/c1-23-17(27)12-9-30-16-13(19(20,21)22)6-14(25-15(12)16)29-11-4-5-26(8-11)18(28)24-7-10-2-3-10/h6,9-11H,2-5,7-8H2,1H3,(H,23,27)(H,24,28)/t11-/m1/s1. The number of urea groups is 1. The maximum absolute atomic E-state index is 13.6. The molecule has 4 rings (SSSR count). The van der Waals surface area contributed by atoms with Gasteiger partial charge in [0.1, 0.15) is 6.10 Å². The molecule has 0 unspecified atom stereocenters. The van der Waals surface area contributed by atoms with Crippen molar-refractivity contribution in [1.29, 1.82) is 0 Å². The zero-order valence-electron chi connectivity index (χ0n) is 16.2. The minimum Gasteiger partial charge on any atom is -0.472 e. The van der Waals surface area contributed by atoms with Gasteiger partial charge in [-0.05, 0) is 18.8 Å². The molecule has 1 aliphatic heterocycles. The average Bonchev–Trinajstić information content (AvgIpc) is 3.25. The molecule has 2 fully saturated rings. The lowest BCUT2D eigenvalue weighted by molar-refractivity contribution is -0.136. The number of carbonyl (C=O) groups excluding carboxylic acids is 2. The minimum absolute atomic E-state index is 0.0406. The van der Waals surface area contributed by atoms with Crippen LogP contribution in [0, 0.1) is 5.92 Å². The van der Waals surface area contributed by atoms with E-state index in [9.17, 15) is 22.8 Å². The number of likely N-dealkylation sites (tertiary alicyclic amines) is 1. The van der Waals surface area contributed by atoms with Crippen LogP contribution in [0.25, 0.3) is 10.2 Å². The summed E-state index contributed by atoms with van der Waals surface area (Å²) in [4.78, 5) is 30.0. The van der Waals surface area contributed by atoms with E-state index in [0.29, 0.717) is 25.4 Å². The molecule has 3 amide bonds. The summed E-state index contributed by atoms with van der Waals surface area (Å²) in [6.07, 6.45) is -2.34. The number of nitrogens with zero attached hydrogens (tertiary/aromatic N) is 2. The van der Waals surface area contributed by atoms with Crippen molar-refractivity contribution < 1.29 is 27.5 Å². The van der Waals surface area contributed by atoms with Gasteiger partial charge in [-0.25, -0.2) is 9.78 Å². The Bertz CT molecular complexity index is 974. The number of ether oxygens (including phenoxy) is 1. The second-order valence-electron chi connectivity index (χ2n) is 7.52. The van der Waals surface area contributed by atoms with Gasteiger partial charge in [0.05, 0.1) is 27.9 Å². The first-order valence-electron chi connectivity index (χ1n) is 9.67. The monoisotopic (exact) mass is 442 g/mol. The number of nitrogens with one attached hydrogen (secondary N) is 2. The van der Waals surface area contributed by atoms with Crippen LogP contribution in [0.1, 0.15) is 35.2 Å². The number of carbonyl (C=O) groups is 2. The Morgan fingerprint density at radius 3 is 2.77 bits per heavy atom. The Morgan fingerprint density at radius 2 is 2.10 bits per heavy atom. The first-order chi connectivity index (χ1) is 14.3. The molecule has 0 aromatic carbocycles. The van der Waals surface area contributed by atoms with E-state index >= 15 is 0 Å². The Balaban J connectivity index is 1.53. The second-order valence-corrected chi connectivity index (χ2v) is 8.40. The first kappa shape index (κ1) is 20.7. The molecule has 3 heterocycles. The van der Waals surface area contributed by atoms with Crippen molar-refractivity contribution in [1.82, 2.24) is 20.5 Å². The molecular weight excluding hydrogens is 421 g/mol. The summed E-state index contributed by atoms with van der Waals surface area (Å²) in [5, 5.41) is 6.64. The van der Waals surface area contributed by atoms with Gasteiger partial charge in [0.15, 0.2) is 0 Å². The number of halogens is 3. The van der Waals surface area contributed by atoms with Gasteiger partial charge in [0.25, 0.3) is 5.91 Å². The fraction of sp³-hybridized carbons (Fsp3) is 0.526. The number of thiophene rings is 1. The van der Waals surface area contributed by atoms with Crippen molar-refractivity contribution in [3.8, 4) is 5.88 Å². The normalized spacial score (nSPS) is 19.2. The Morgan fingerprint density at radius 1 is 1.33 bits per heavy atom. The van der Waals surface area contributed by atoms with Crippen LogP contribution < -0.4 is 15.4 Å². The van der Waals surface area contributed by atoms with E-state index in [1.807, 2.05) is 0 Å². The summed E-state index contributed by atoms with van der Waals surface area (Å²) in [7, 11) is 1.40. The van der Waals surface area contributed by atoms with Crippen molar-refractivity contribution in [3.05, 3.63) is 22.6 Å². The quantitative estimate of drug-likeness (QED) is 0.745. The Kier molecular flexibility index (Phi) is 5.48. The molecule has 2 aromatic rings. The molecule has 2 aliphatic rings. The van der Waals surface area contributed by atoms with Crippen LogP contribution in [0.2, 0.25) is 0 Å². The van der Waals surface area contributed by atoms with Gasteiger partial charge in [-0.15, -0.1) is 11.3 Å². The van der Waals surface area contributed by atoms with Gasteiger partial charge in [0.2, 0.25) is 5.88 Å². The smallest absolute Gasteiger partial charge is 0.418 e. The third-order valence-electron chi connectivity index (χ3n) is 5.23. The highest BCUT2D eigenvalue weighted by atomic mass is 32.1. The molecule has 0 bridgehead atoms. The van der Waals surface area contributed by atoms with E-state index in [2.05, 4.69) is 15.6 Å². The zero-order valence-corrected chi connectivity index (χ0v) is 17.0. The van der Waals surface area contributed by atoms with Crippen LogP contribution in [0.5, 0.6) is 5.88 Å². The van der Waals surface area contributed by atoms with Gasteiger partial charge in [-0.1, -0.05) is 0 Å². The maximum atomic E-state index is 13.6. The predicted molar refractivity (Wildman–Crippen MR) is 105 cm³/mol. The molecule has 2 aromatic heterocycles. The largest absolute Gasteiger partial charge is 0.472 e. The molecule has 1 atom stereocenters. The first-order valence-corrected chi connectivity index (χ1v) is 10.5. The maximum Gasteiger partial charge on any atom is 0.418 e. The summed E-state index contributed by atoms with van der Waals surface area (Å²) < 4.78 is 46.4. The number of aromatic nitrogens is 1. The van der Waals surface area contributed by atoms with Crippen LogP contribution in [-0.4, -0.2) is 54.6 Å². The van der Waals surface area contributed by atoms with Crippen molar-refractivity contribution in [2.75, 3.05) is 26.7 Å². The Hall–Kier alpha value is -2.56. The number of pyridine rings is 1. The Labute approximate surface area is 174 Å². The highest BCUT2D eigenvalue weighted by molar-refractivity contribution is 7.17. The average molecular weight is 442 g/mol. The third-order valence-corrected chi connectivity index (χ3v) is 6.24. The van der Waals surface area contributed by atoms with Crippen molar-refractivity contribution >= 4 is 33.5 Å². The molecule has 1 aliphatic carbocycles. The van der Waals surface area contributed by atoms with Crippen LogP contribution in [-0.2, 0) is 6.18 Å². The molecule has 7 nitrogen and oxygen atoms in total. The lowest BCUT2D eigenvalue weighted by Gasteiger charge is -2.18. The fourth-order valence-corrected chi connectivity index (χ4v) is 4.42. The van der Waals surface area contributed by atoms with E-state index in [0.717, 1.165) is 30.2 Å². The number of hydrogen-bond donors (Lipinski definition) is 2. The minimum atomic E-state index is -4.62. The number of rotatable bonds is 5. The van der Waals surface area contributed by atoms with Crippen molar-refractivity contribution in [3.63, 3.8) is 0 Å². The van der Waals surface area contributed by atoms with E-state index in [4.69, 9.17) is 4.74 Å². The summed E-state index contributed by atoms with van der Waals surface area (Å²) in [6.45, 7) is 1.37. The SMILES string of the molecule is CNC(=O)c1csc2c(C(F)(F)F)cc(O[C@@H]3CCN(C(=O)NCC4CC4)C3)nc12. The van der Waals surface area contributed by atoms with Crippen molar-refractivity contribution in [2.45, 2.75) is 31.5 Å². The summed E-state index contributed by atoms with van der Waals surface area (Å²) in [5.74, 6) is -0.164. The van der Waals surface area contributed by atoms with E-state index in [1.165, 1.54) is 12.4 Å². The molecule has 1 saturated heterocycles. The zero-order chi connectivity index (χ0) is 21.5. The van der Waals surface area contributed by atoms with Crippen LogP contribution >= 0.6 is 11.3 Å². The van der Waals surface area contributed by atoms with Crippen LogP contribution in [0.15, 0.2) is 11.4 Å². The summed E-state index contributed by atoms with van der Waals surface area (Å²) in [6, 6.07) is 0.676. The van der Waals surface area contributed by atoms with Gasteiger partial charge < -0.3 is 20.3 Å². The molecule has 30 heavy (non-hydrogen) atoms. The van der Waals surface area contributed by atoms with Crippen molar-refractivity contribution in [2.24, 2.45) is 5.92 Å². The molecule has 0 radical (unpaired) electrons. The van der Waals surface area contributed by atoms with E-state index in [-0.39, 0.29) is 34.2 Å². The molecule has 11 heteroatoms. The number of fused-ring (bicyclic) bond motifs is 1. The highest BCUT2D eigenvalue weighted by Crippen LogP contribution is 2.40. The third kappa shape index (κ3) is 4.30. The lowest BCUT2D eigenvalue weighted by atomic mass is 10.2. The van der Waals surface area contributed by atoms with Gasteiger partial charge in [-0.2, -0.15) is 13.2 Å². The molecule has 1 saturated carbocycles. The molecule has 2 N–H and O–H groups in total. The summed E-state index contributed by atoms with van der Waals surface area (Å²) in [5.41, 5.74) is -0.859. The lowest BCUT2D eigenvalue weighted by Crippen LogP contribution is -2.40. The number of alkyl halides is 3. The van der Waals surface area contributed by atoms with E-state index < -0.39 is 23.8 Å². The molecular formula is C19H21F3N4O3S. The fourth-order valence-electron chi connectivity index (χ4n) is 3.40. The predicted octanol–water partition coefficient (Wildman–Crippen LogP) is 3.25. The highest BCUT2D eigenvalue weighted by Gasteiger charge is 2.36. The number of amides is 3. The second kappa shape index (κ2) is 7.93. The van der Waals surface area contributed by atoms with Gasteiger partial charge >= 0.3 is 12.2 Å². The molecule has 162 valence electrons. The topological polar surface area (TPSA) is 83.6 Å². The van der Waals surface area contributed by atoms with Gasteiger partial charge in [-0.3, -0.25) is 4.79 Å². The summed E-state index contributed by atoms with van der Waals surface area (Å²) >= 11 is 0.820. The van der Waals surface area contributed by atoms with Gasteiger partial charge in [0, 0.05) is 38.0 Å². The van der Waals surface area contributed by atoms with Crippen LogP contribution in [0.4, 0.5) is 18.0 Å². The molecule has 0 spiro atoms. The van der Waals surface area contributed by atoms with Crippen LogP contribution in [0.3, 0.4) is 0 Å². The van der Waals surface area contributed by atoms with E-state index in [1.54, 1.807) is 4.90 Å². The number of hydrogen-bond acceptors (Lipinski definition) is 5.